The summed E-state index contributed by atoms with van der Waals surface area (Å²) in [7, 11) is 0. The van der Waals surface area contributed by atoms with Gasteiger partial charge in [-0.15, -0.1) is 0 Å². The highest BCUT2D eigenvalue weighted by atomic mass is 35.5. The number of phenolic OH excluding ortho intramolecular Hbond substituents is 1. The smallest absolute Gasteiger partial charge is 0.287 e. The number of aromatic hydroxyl groups is 1. The van der Waals surface area contributed by atoms with E-state index in [1.807, 2.05) is 0 Å². The van der Waals surface area contributed by atoms with E-state index in [-0.39, 0.29) is 16.5 Å². The third-order valence-electron chi connectivity index (χ3n) is 2.19. The molecule has 0 unspecified atom stereocenters. The zero-order valence-electron chi connectivity index (χ0n) is 9.04. The van der Waals surface area contributed by atoms with E-state index in [1.165, 1.54) is 17.8 Å². The molecule has 0 bridgehead atoms. The first kappa shape index (κ1) is 12.7. The van der Waals surface area contributed by atoms with Gasteiger partial charge in [0.15, 0.2) is 0 Å². The van der Waals surface area contributed by atoms with Crippen LogP contribution in [0.1, 0.15) is 0 Å². The number of nitro groups is 1. The molecule has 0 saturated heterocycles. The Labute approximate surface area is 112 Å². The van der Waals surface area contributed by atoms with Crippen LogP contribution in [0.3, 0.4) is 0 Å². The lowest BCUT2D eigenvalue weighted by Gasteiger charge is -2.03. The highest BCUT2D eigenvalue weighted by Gasteiger charge is 2.12. The standard InChI is InChI=1S/C12H8ClNO3S/c13-11-7-10(5-6-12(11)14(16)17)18-9-3-1-8(15)2-4-9/h1-7,15H. The average molecular weight is 282 g/mol. The summed E-state index contributed by atoms with van der Waals surface area (Å²) in [5.41, 5.74) is -0.105. The van der Waals surface area contributed by atoms with E-state index in [0.29, 0.717) is 0 Å². The van der Waals surface area contributed by atoms with E-state index < -0.39 is 4.92 Å². The van der Waals surface area contributed by atoms with Crippen LogP contribution in [0.25, 0.3) is 0 Å². The third kappa shape index (κ3) is 2.94. The maximum atomic E-state index is 10.6. The Kier molecular flexibility index (Phi) is 3.74. The van der Waals surface area contributed by atoms with E-state index in [0.717, 1.165) is 9.79 Å². The molecule has 0 radical (unpaired) electrons. The minimum absolute atomic E-state index is 0.105. The van der Waals surface area contributed by atoms with Crippen molar-refractivity contribution >= 4 is 29.1 Å². The fraction of sp³-hybridized carbons (Fsp3) is 0. The molecule has 0 heterocycles. The highest BCUT2D eigenvalue weighted by Crippen LogP contribution is 2.33. The monoisotopic (exact) mass is 281 g/mol. The van der Waals surface area contributed by atoms with Crippen LogP contribution in [0.15, 0.2) is 52.3 Å². The number of phenols is 1. The second kappa shape index (κ2) is 5.29. The second-order valence-corrected chi connectivity index (χ2v) is 5.02. The molecule has 92 valence electrons. The molecule has 0 aliphatic heterocycles. The van der Waals surface area contributed by atoms with Gasteiger partial charge >= 0.3 is 0 Å². The lowest BCUT2D eigenvalue weighted by atomic mass is 10.3. The molecule has 0 amide bonds. The largest absolute Gasteiger partial charge is 0.508 e. The molecule has 1 N–H and O–H groups in total. The van der Waals surface area contributed by atoms with Crippen LogP contribution in [0.2, 0.25) is 5.02 Å². The number of rotatable bonds is 3. The van der Waals surface area contributed by atoms with Gasteiger partial charge < -0.3 is 5.11 Å². The van der Waals surface area contributed by atoms with Crippen molar-refractivity contribution in [3.05, 3.63) is 57.6 Å². The maximum absolute atomic E-state index is 10.6. The summed E-state index contributed by atoms with van der Waals surface area (Å²) in [6.07, 6.45) is 0. The summed E-state index contributed by atoms with van der Waals surface area (Å²) in [6, 6.07) is 11.2. The van der Waals surface area contributed by atoms with Crippen molar-refractivity contribution in [2.75, 3.05) is 0 Å². The summed E-state index contributed by atoms with van der Waals surface area (Å²) in [5, 5.41) is 19.9. The van der Waals surface area contributed by atoms with E-state index in [2.05, 4.69) is 0 Å². The number of hydrogen-bond donors (Lipinski definition) is 1. The topological polar surface area (TPSA) is 63.4 Å². The lowest BCUT2D eigenvalue weighted by molar-refractivity contribution is -0.384. The molecule has 6 heteroatoms. The summed E-state index contributed by atoms with van der Waals surface area (Å²) >= 11 is 7.23. The van der Waals surface area contributed by atoms with Crippen molar-refractivity contribution in [1.29, 1.82) is 0 Å². The molecular formula is C12H8ClNO3S. The van der Waals surface area contributed by atoms with Crippen molar-refractivity contribution < 1.29 is 10.0 Å². The molecule has 0 saturated carbocycles. The van der Waals surface area contributed by atoms with E-state index in [4.69, 9.17) is 16.7 Å². The van der Waals surface area contributed by atoms with Crippen LogP contribution in [-0.2, 0) is 0 Å². The third-order valence-corrected chi connectivity index (χ3v) is 3.49. The summed E-state index contributed by atoms with van der Waals surface area (Å²) < 4.78 is 0. The van der Waals surface area contributed by atoms with E-state index >= 15 is 0 Å². The van der Waals surface area contributed by atoms with Gasteiger partial charge in [0, 0.05) is 15.9 Å². The molecule has 0 atom stereocenters. The van der Waals surface area contributed by atoms with Gasteiger partial charge in [-0.2, -0.15) is 0 Å². The van der Waals surface area contributed by atoms with E-state index in [9.17, 15) is 10.1 Å². The summed E-state index contributed by atoms with van der Waals surface area (Å²) in [6.45, 7) is 0. The second-order valence-electron chi connectivity index (χ2n) is 3.47. The van der Waals surface area contributed by atoms with Crippen molar-refractivity contribution in [3.8, 4) is 5.75 Å². The molecule has 18 heavy (non-hydrogen) atoms. The minimum Gasteiger partial charge on any atom is -0.508 e. The van der Waals surface area contributed by atoms with Crippen molar-refractivity contribution in [3.63, 3.8) is 0 Å². The van der Waals surface area contributed by atoms with Crippen LogP contribution >= 0.6 is 23.4 Å². The predicted molar refractivity (Wildman–Crippen MR) is 70.3 cm³/mol. The molecule has 0 aromatic heterocycles. The van der Waals surface area contributed by atoms with Gasteiger partial charge in [-0.1, -0.05) is 23.4 Å². The predicted octanol–water partition coefficient (Wildman–Crippen LogP) is 4.11. The molecule has 0 aliphatic carbocycles. The molecule has 2 rings (SSSR count). The molecule has 0 spiro atoms. The first-order valence-electron chi connectivity index (χ1n) is 4.97. The quantitative estimate of drug-likeness (QED) is 0.679. The fourth-order valence-corrected chi connectivity index (χ4v) is 2.52. The number of nitro benzene ring substituents is 1. The Bertz CT molecular complexity index is 586. The van der Waals surface area contributed by atoms with Gasteiger partial charge in [-0.05, 0) is 36.4 Å². The van der Waals surface area contributed by atoms with Gasteiger partial charge in [-0.25, -0.2) is 0 Å². The van der Waals surface area contributed by atoms with Gasteiger partial charge in [0.25, 0.3) is 5.69 Å². The van der Waals surface area contributed by atoms with Gasteiger partial charge in [0.1, 0.15) is 10.8 Å². The number of benzene rings is 2. The molecule has 4 nitrogen and oxygen atoms in total. The summed E-state index contributed by atoms with van der Waals surface area (Å²) in [4.78, 5) is 11.8. The first-order chi connectivity index (χ1) is 8.56. The van der Waals surface area contributed by atoms with Crippen LogP contribution in [0, 0.1) is 10.1 Å². The van der Waals surface area contributed by atoms with Crippen LogP contribution in [-0.4, -0.2) is 10.0 Å². The van der Waals surface area contributed by atoms with Crippen LogP contribution < -0.4 is 0 Å². The lowest BCUT2D eigenvalue weighted by Crippen LogP contribution is -1.88. The van der Waals surface area contributed by atoms with E-state index in [1.54, 1.807) is 36.4 Å². The zero-order chi connectivity index (χ0) is 13.1. The zero-order valence-corrected chi connectivity index (χ0v) is 10.6. The Hall–Kier alpha value is -1.72. The molecule has 2 aromatic carbocycles. The van der Waals surface area contributed by atoms with Gasteiger partial charge in [-0.3, -0.25) is 10.1 Å². The highest BCUT2D eigenvalue weighted by molar-refractivity contribution is 7.99. The van der Waals surface area contributed by atoms with Crippen molar-refractivity contribution in [2.24, 2.45) is 0 Å². The maximum Gasteiger partial charge on any atom is 0.287 e. The van der Waals surface area contributed by atoms with Crippen LogP contribution in [0.4, 0.5) is 5.69 Å². The summed E-state index contributed by atoms with van der Waals surface area (Å²) in [5.74, 6) is 0.195. The Balaban J connectivity index is 2.22. The first-order valence-corrected chi connectivity index (χ1v) is 6.16. The Morgan fingerprint density at radius 2 is 1.72 bits per heavy atom. The molecular weight excluding hydrogens is 274 g/mol. The Morgan fingerprint density at radius 3 is 2.28 bits per heavy atom. The average Bonchev–Trinajstić information content (AvgIpc) is 2.32. The molecule has 0 fully saturated rings. The number of nitrogens with zero attached hydrogens (tertiary/aromatic N) is 1. The fourth-order valence-electron chi connectivity index (χ4n) is 1.35. The molecule has 2 aromatic rings. The van der Waals surface area contributed by atoms with Crippen molar-refractivity contribution in [1.82, 2.24) is 0 Å². The van der Waals surface area contributed by atoms with Gasteiger partial charge in [0.2, 0.25) is 0 Å². The Morgan fingerprint density at radius 1 is 1.11 bits per heavy atom. The van der Waals surface area contributed by atoms with Crippen molar-refractivity contribution in [2.45, 2.75) is 9.79 Å². The van der Waals surface area contributed by atoms with Gasteiger partial charge in [0.05, 0.1) is 4.92 Å². The number of halogens is 1. The SMILES string of the molecule is O=[N+]([O-])c1ccc(Sc2ccc(O)cc2)cc1Cl. The van der Waals surface area contributed by atoms with Crippen LogP contribution in [0.5, 0.6) is 5.75 Å². The molecule has 0 aliphatic rings. The minimum atomic E-state index is -0.517. The normalized spacial score (nSPS) is 10.3. The number of hydrogen-bond acceptors (Lipinski definition) is 4.